The van der Waals surface area contributed by atoms with Crippen LogP contribution >= 0.6 is 11.6 Å². The summed E-state index contributed by atoms with van der Waals surface area (Å²) in [5, 5.41) is -0.0168. The molecule has 1 amide bonds. The lowest BCUT2D eigenvalue weighted by Gasteiger charge is -2.28. The zero-order chi connectivity index (χ0) is 15.5. The first-order valence-corrected chi connectivity index (χ1v) is 7.43. The van der Waals surface area contributed by atoms with Gasteiger partial charge in [0.05, 0.1) is 5.02 Å². The quantitative estimate of drug-likeness (QED) is 0.867. The maximum atomic E-state index is 13.1. The van der Waals surface area contributed by atoms with E-state index in [-0.39, 0.29) is 17.5 Å². The van der Waals surface area contributed by atoms with Crippen LogP contribution in [0.5, 0.6) is 5.75 Å². The highest BCUT2D eigenvalue weighted by atomic mass is 35.5. The van der Waals surface area contributed by atoms with Crippen LogP contribution in [0.3, 0.4) is 0 Å². The van der Waals surface area contributed by atoms with Gasteiger partial charge in [0.15, 0.2) is 6.61 Å². The molecule has 0 fully saturated rings. The van der Waals surface area contributed by atoms with Crippen molar-refractivity contribution in [2.24, 2.45) is 0 Å². The summed E-state index contributed by atoms with van der Waals surface area (Å²) >= 11 is 5.68. The average Bonchev–Trinajstić information content (AvgIpc) is 2.55. The van der Waals surface area contributed by atoms with Gasteiger partial charge in [-0.3, -0.25) is 4.79 Å². The molecule has 1 aliphatic rings. The number of halogens is 2. The minimum absolute atomic E-state index is 0.0168. The Bertz CT molecular complexity index is 705. The Morgan fingerprint density at radius 1 is 1.23 bits per heavy atom. The second kappa shape index (κ2) is 6.36. The molecule has 0 bridgehead atoms. The van der Waals surface area contributed by atoms with Gasteiger partial charge in [-0.2, -0.15) is 0 Å². The number of benzene rings is 2. The third-order valence-corrected chi connectivity index (χ3v) is 4.03. The first-order valence-electron chi connectivity index (χ1n) is 7.06. The van der Waals surface area contributed by atoms with Crippen molar-refractivity contribution in [2.75, 3.05) is 13.2 Å². The molecule has 0 radical (unpaired) electrons. The molecule has 5 heteroatoms. The number of fused-ring (bicyclic) bond motifs is 1. The summed E-state index contributed by atoms with van der Waals surface area (Å²) in [7, 11) is 0. The SMILES string of the molecule is O=C(COc1ccc(F)c(Cl)c1)N1CCc2ccccc2C1. The summed E-state index contributed by atoms with van der Waals surface area (Å²) in [4.78, 5) is 14.0. The fraction of sp³-hybridized carbons (Fsp3) is 0.235. The number of amides is 1. The number of carbonyl (C=O) groups is 1. The van der Waals surface area contributed by atoms with E-state index in [0.29, 0.717) is 18.8 Å². The van der Waals surface area contributed by atoms with Crippen LogP contribution in [-0.4, -0.2) is 24.0 Å². The Morgan fingerprint density at radius 2 is 2.00 bits per heavy atom. The summed E-state index contributed by atoms with van der Waals surface area (Å²) in [5.41, 5.74) is 2.46. The van der Waals surface area contributed by atoms with Crippen molar-refractivity contribution in [3.05, 3.63) is 64.4 Å². The molecular formula is C17H15ClFNO2. The lowest BCUT2D eigenvalue weighted by Crippen LogP contribution is -2.38. The van der Waals surface area contributed by atoms with Gasteiger partial charge in [0, 0.05) is 19.2 Å². The lowest BCUT2D eigenvalue weighted by molar-refractivity contribution is -0.134. The van der Waals surface area contributed by atoms with E-state index in [2.05, 4.69) is 6.07 Å². The molecule has 0 N–H and O–H groups in total. The number of ether oxygens (including phenoxy) is 1. The van der Waals surface area contributed by atoms with E-state index in [1.165, 1.54) is 29.3 Å². The van der Waals surface area contributed by atoms with Crippen molar-refractivity contribution in [3.8, 4) is 5.75 Å². The summed E-state index contributed by atoms with van der Waals surface area (Å²) in [6.45, 7) is 1.20. The van der Waals surface area contributed by atoms with Gasteiger partial charge in [0.2, 0.25) is 0 Å². The standard InChI is InChI=1S/C17H15ClFNO2/c18-15-9-14(5-6-16(15)19)22-11-17(21)20-8-7-12-3-1-2-4-13(12)10-20/h1-6,9H,7-8,10-11H2. The molecule has 0 unspecified atom stereocenters. The van der Waals surface area contributed by atoms with Gasteiger partial charge >= 0.3 is 0 Å². The number of nitrogens with zero attached hydrogens (tertiary/aromatic N) is 1. The number of carbonyl (C=O) groups excluding carboxylic acids is 1. The van der Waals surface area contributed by atoms with Gasteiger partial charge in [0.25, 0.3) is 5.91 Å². The minimum Gasteiger partial charge on any atom is -0.484 e. The molecule has 0 aromatic heterocycles. The molecule has 114 valence electrons. The maximum absolute atomic E-state index is 13.1. The first kappa shape index (κ1) is 14.9. The zero-order valence-corrected chi connectivity index (χ0v) is 12.6. The highest BCUT2D eigenvalue weighted by Gasteiger charge is 2.20. The summed E-state index contributed by atoms with van der Waals surface area (Å²) in [6, 6.07) is 12.2. The third-order valence-electron chi connectivity index (χ3n) is 3.74. The topological polar surface area (TPSA) is 29.5 Å². The molecule has 2 aromatic carbocycles. The van der Waals surface area contributed by atoms with Gasteiger partial charge in [0.1, 0.15) is 11.6 Å². The Morgan fingerprint density at radius 3 is 2.77 bits per heavy atom. The second-order valence-corrected chi connectivity index (χ2v) is 5.61. The molecule has 22 heavy (non-hydrogen) atoms. The molecule has 2 aromatic rings. The Balaban J connectivity index is 1.60. The van der Waals surface area contributed by atoms with E-state index in [1.54, 1.807) is 4.90 Å². The smallest absolute Gasteiger partial charge is 0.260 e. The monoisotopic (exact) mass is 319 g/mol. The zero-order valence-electron chi connectivity index (χ0n) is 11.9. The van der Waals surface area contributed by atoms with E-state index in [9.17, 15) is 9.18 Å². The molecule has 0 spiro atoms. The lowest BCUT2D eigenvalue weighted by atomic mass is 10.00. The van der Waals surface area contributed by atoms with Gasteiger partial charge in [-0.05, 0) is 29.7 Å². The highest BCUT2D eigenvalue weighted by molar-refractivity contribution is 6.30. The summed E-state index contributed by atoms with van der Waals surface area (Å²) in [6.07, 6.45) is 0.851. The van der Waals surface area contributed by atoms with Gasteiger partial charge in [-0.1, -0.05) is 35.9 Å². The molecule has 0 saturated carbocycles. The first-order chi connectivity index (χ1) is 10.6. The van der Waals surface area contributed by atoms with Crippen LogP contribution in [0.4, 0.5) is 4.39 Å². The van der Waals surface area contributed by atoms with Crippen LogP contribution in [0, 0.1) is 5.82 Å². The molecule has 3 nitrogen and oxygen atoms in total. The van der Waals surface area contributed by atoms with Crippen LogP contribution in [0.15, 0.2) is 42.5 Å². The van der Waals surface area contributed by atoms with Gasteiger partial charge < -0.3 is 9.64 Å². The van der Waals surface area contributed by atoms with E-state index < -0.39 is 5.82 Å². The van der Waals surface area contributed by atoms with Crippen molar-refractivity contribution in [1.29, 1.82) is 0 Å². The highest BCUT2D eigenvalue weighted by Crippen LogP contribution is 2.22. The third kappa shape index (κ3) is 3.22. The van der Waals surface area contributed by atoms with Crippen LogP contribution in [-0.2, 0) is 17.8 Å². The predicted molar refractivity (Wildman–Crippen MR) is 82.5 cm³/mol. The molecule has 0 aliphatic carbocycles. The van der Waals surface area contributed by atoms with Crippen molar-refractivity contribution in [2.45, 2.75) is 13.0 Å². The van der Waals surface area contributed by atoms with Crippen molar-refractivity contribution >= 4 is 17.5 Å². The number of hydrogen-bond acceptors (Lipinski definition) is 2. The normalized spacial score (nSPS) is 13.6. The number of rotatable bonds is 3. The fourth-order valence-electron chi connectivity index (χ4n) is 2.51. The van der Waals surface area contributed by atoms with Crippen molar-refractivity contribution in [1.82, 2.24) is 4.90 Å². The summed E-state index contributed by atoms with van der Waals surface area (Å²) in [5.74, 6) is -0.208. The fourth-order valence-corrected chi connectivity index (χ4v) is 2.68. The largest absolute Gasteiger partial charge is 0.484 e. The van der Waals surface area contributed by atoms with Crippen LogP contribution in [0.2, 0.25) is 5.02 Å². The Hall–Kier alpha value is -2.07. The predicted octanol–water partition coefficient (Wildman–Crippen LogP) is 3.44. The van der Waals surface area contributed by atoms with Crippen LogP contribution in [0.25, 0.3) is 0 Å². The van der Waals surface area contributed by atoms with E-state index in [1.807, 2.05) is 18.2 Å². The minimum atomic E-state index is -0.506. The van der Waals surface area contributed by atoms with E-state index >= 15 is 0 Å². The molecular weight excluding hydrogens is 305 g/mol. The van der Waals surface area contributed by atoms with Crippen molar-refractivity contribution in [3.63, 3.8) is 0 Å². The second-order valence-electron chi connectivity index (χ2n) is 5.20. The van der Waals surface area contributed by atoms with Gasteiger partial charge in [-0.25, -0.2) is 4.39 Å². The molecule has 1 aliphatic heterocycles. The van der Waals surface area contributed by atoms with Crippen molar-refractivity contribution < 1.29 is 13.9 Å². The molecule has 0 saturated heterocycles. The number of hydrogen-bond donors (Lipinski definition) is 0. The summed E-state index contributed by atoms with van der Waals surface area (Å²) < 4.78 is 18.5. The molecule has 0 atom stereocenters. The van der Waals surface area contributed by atoms with E-state index in [0.717, 1.165) is 6.42 Å². The van der Waals surface area contributed by atoms with E-state index in [4.69, 9.17) is 16.3 Å². The van der Waals surface area contributed by atoms with Gasteiger partial charge in [-0.15, -0.1) is 0 Å². The average molecular weight is 320 g/mol. The molecule has 1 heterocycles. The Kier molecular flexibility index (Phi) is 4.29. The molecule has 3 rings (SSSR count). The maximum Gasteiger partial charge on any atom is 0.260 e. The van der Waals surface area contributed by atoms with Crippen LogP contribution < -0.4 is 4.74 Å². The Labute approximate surface area is 133 Å². The van der Waals surface area contributed by atoms with Crippen LogP contribution in [0.1, 0.15) is 11.1 Å².